The van der Waals surface area contributed by atoms with Crippen LogP contribution in [0.2, 0.25) is 0 Å². The Morgan fingerprint density at radius 3 is 1.64 bits per heavy atom. The molecule has 0 bridgehead atoms. The van der Waals surface area contributed by atoms with Gasteiger partial charge >= 0.3 is 6.16 Å². The molecule has 13 atom stereocenters. The molecule has 1 heterocycles. The second kappa shape index (κ2) is 74.8. The minimum atomic E-state index is -1.17. The highest BCUT2D eigenvalue weighted by Gasteiger charge is 2.46. The Morgan fingerprint density at radius 2 is 1.31 bits per heavy atom. The van der Waals surface area contributed by atoms with E-state index in [4.69, 9.17) is 64.0 Å². The molecule has 3 fully saturated rings. The lowest BCUT2D eigenvalue weighted by molar-refractivity contribution is -0.254. The van der Waals surface area contributed by atoms with Gasteiger partial charge in [-0.15, -0.1) is 0 Å². The largest absolute Gasteiger partial charge is 0.520 e. The Labute approximate surface area is 532 Å². The fourth-order valence-electron chi connectivity index (χ4n) is 9.15. The quantitative estimate of drug-likeness (QED) is 0.0265. The van der Waals surface area contributed by atoms with E-state index in [2.05, 4.69) is 91.3 Å². The van der Waals surface area contributed by atoms with E-state index in [1.807, 2.05) is 118 Å². The van der Waals surface area contributed by atoms with Gasteiger partial charge < -0.3 is 73.3 Å². The summed E-state index contributed by atoms with van der Waals surface area (Å²) in [5.74, 6) is -0.782. The number of unbranched alkanes of at least 4 members (excludes halogenated alkanes) is 1. The molecule has 1 saturated heterocycles. The monoisotopic (exact) mass is 1250 g/mol. The summed E-state index contributed by atoms with van der Waals surface area (Å²) in [6.07, 6.45) is 12.0. The molecule has 3 rings (SSSR count). The third kappa shape index (κ3) is 59.7. The number of hydrogen-bond acceptors (Lipinski definition) is 18. The average molecular weight is 1250 g/mol. The van der Waals surface area contributed by atoms with Gasteiger partial charge in [-0.25, -0.2) is 4.79 Å². The minimum absolute atomic E-state index is 0.0174. The third-order valence-electron chi connectivity index (χ3n) is 12.9. The fourth-order valence-corrected chi connectivity index (χ4v) is 9.19. The molecule has 7 N–H and O–H groups in total. The van der Waals surface area contributed by atoms with Crippen LogP contribution in [0, 0.1) is 40.9 Å². The molecule has 0 aromatic heterocycles. The van der Waals surface area contributed by atoms with E-state index in [0.29, 0.717) is 6.42 Å². The van der Waals surface area contributed by atoms with Gasteiger partial charge in [0.05, 0.1) is 55.2 Å². The molecule has 522 valence electrons. The fraction of sp³-hybridized carbons (Fsp3) is 0.940. The van der Waals surface area contributed by atoms with Crippen molar-refractivity contribution in [1.82, 2.24) is 5.32 Å². The van der Waals surface area contributed by atoms with Crippen molar-refractivity contribution in [2.75, 3.05) is 42.0 Å². The molecule has 0 radical (unpaired) electrons. The van der Waals surface area contributed by atoms with Crippen LogP contribution < -0.4 is 5.32 Å². The van der Waals surface area contributed by atoms with Gasteiger partial charge in [-0.2, -0.15) is 5.26 Å². The maximum atomic E-state index is 12.1. The molecule has 18 heteroatoms. The van der Waals surface area contributed by atoms with Crippen LogP contribution in [0.1, 0.15) is 276 Å². The van der Waals surface area contributed by atoms with E-state index in [-0.39, 0.29) is 72.8 Å². The molecule has 2 aliphatic carbocycles. The Bertz CT molecular complexity index is 1330. The van der Waals surface area contributed by atoms with E-state index in [0.717, 1.165) is 76.9 Å². The molecular formula is C67H148N2O15S. The van der Waals surface area contributed by atoms with Gasteiger partial charge in [-0.1, -0.05) is 169 Å². The summed E-state index contributed by atoms with van der Waals surface area (Å²) in [7, 11) is 8.24. The minimum Gasteiger partial charge on any atom is -0.429 e. The van der Waals surface area contributed by atoms with Crippen molar-refractivity contribution >= 4 is 19.1 Å². The van der Waals surface area contributed by atoms with Crippen LogP contribution in [0.3, 0.4) is 0 Å². The molecule has 0 spiro atoms. The van der Waals surface area contributed by atoms with Crippen molar-refractivity contribution in [2.24, 2.45) is 29.6 Å². The van der Waals surface area contributed by atoms with E-state index < -0.39 is 42.8 Å². The number of nitrogens with zero attached hydrogens (tertiary/aromatic N) is 1. The molecular weight excluding hydrogens is 1100 g/mol. The number of carbonyl (C=O) groups excluding carboxylic acids is 1. The number of carbonyl (C=O) groups is 1. The Hall–Kier alpha value is -1.67. The first-order valence-electron chi connectivity index (χ1n) is 32.9. The van der Waals surface area contributed by atoms with E-state index in [1.165, 1.54) is 32.6 Å². The number of ether oxygens (including phenoxy) is 7. The zero-order valence-corrected chi connectivity index (χ0v) is 62.0. The van der Waals surface area contributed by atoms with Crippen LogP contribution in [0.25, 0.3) is 0 Å². The first-order chi connectivity index (χ1) is 40.2. The predicted molar refractivity (Wildman–Crippen MR) is 361 cm³/mol. The molecule has 17 nitrogen and oxygen atoms in total. The van der Waals surface area contributed by atoms with E-state index in [9.17, 15) is 9.90 Å². The second-order valence-corrected chi connectivity index (χ2v) is 20.7. The van der Waals surface area contributed by atoms with E-state index in [1.54, 1.807) is 20.3 Å². The lowest BCUT2D eigenvalue weighted by Crippen LogP contribution is -2.52. The number of nitrogens with one attached hydrogen (secondary N) is 1. The normalized spacial score (nSPS) is 25.2. The van der Waals surface area contributed by atoms with Gasteiger partial charge in [0.2, 0.25) is 0 Å². The third-order valence-corrected chi connectivity index (χ3v) is 13.1. The molecule has 8 unspecified atom stereocenters. The molecule has 0 amide bonds. The number of methoxy groups -OCH3 is 2. The van der Waals surface area contributed by atoms with Gasteiger partial charge in [-0.3, -0.25) is 0 Å². The first-order valence-corrected chi connectivity index (χ1v) is 33.3. The summed E-state index contributed by atoms with van der Waals surface area (Å²) < 4.78 is 45.7. The average Bonchev–Trinajstić information content (AvgIpc) is 3.52. The number of hydrogen-bond donors (Lipinski definition) is 8. The number of thiol groups is 1. The summed E-state index contributed by atoms with van der Waals surface area (Å²) in [5.41, 5.74) is 0.282. The highest BCUT2D eigenvalue weighted by molar-refractivity contribution is 7.75. The summed E-state index contributed by atoms with van der Waals surface area (Å²) in [6.45, 7) is 54.6. The molecule has 2 saturated carbocycles. The zero-order valence-electron chi connectivity index (χ0n) is 61.1. The lowest BCUT2D eigenvalue weighted by atomic mass is 9.70. The van der Waals surface area contributed by atoms with Gasteiger partial charge in [0.25, 0.3) is 0 Å². The zero-order chi connectivity index (χ0) is 69.3. The molecule has 1 aliphatic heterocycles. The van der Waals surface area contributed by atoms with Crippen LogP contribution in [-0.2, 0) is 37.3 Å². The SMILES string of the molecule is C=C1C(C)C(OC(=O)OS)[C@@H](C)C(O)C(C)CC(CC)[C@@H](OC(C)OC(C)CCCC)[C@](C)(OC)C[C@H]1C.CC.CC.CC.CC.CC.CC(O)O.CC1CCC[C@H](O)O1.CCC.CNC.CO.COC1(OC(C)C)CCCCC1.N#CCCO. The summed E-state index contributed by atoms with van der Waals surface area (Å²) in [5, 5.41) is 60.8. The van der Waals surface area contributed by atoms with Gasteiger partial charge in [0, 0.05) is 58.9 Å². The Kier molecular flexibility index (Phi) is 92.4. The number of nitriles is 1. The molecule has 0 aromatic rings. The molecule has 3 aliphatic rings. The van der Waals surface area contributed by atoms with Crippen LogP contribution in [0.4, 0.5) is 4.79 Å². The standard InChI is InChI=1S/C30H56O7S.C10H20O2.C6H12O2.C3H5NO.C3H8.C2H7N.C2H6O2.5C2H6.CH4O/c1-12-14-15-20(5)34-24(9)35-28-25(13-2)16-18(3)26(31)23(8)27(36-29(32)37-38)22(7)21(6)19(4)17-30(28,10)33-11;1-9(2)12-10(11-3)7-5-4-6-8-10;1-5-3-2-4-6(7)8-5;4-2-1-3-5;2*1-3-2;1-2(3)4;6*1-2/h18-20,22-28,31,38H,6,12-17H2,1-5,7-11H3;9H,4-8H2,1-3H3;5-7H,2-4H2,1H3;5H,1,3H2;3H2,1-2H3;3H,1-2H3;2-4H,1H3;5*1-2H3;2H,1H3/t18?,19-,20?,22?,23+,24?,25?,26?,27?,28-,30-;;5?,6-;;;;;;;;;;/m1.1........../s1. The number of rotatable bonds is 14. The maximum Gasteiger partial charge on any atom is 0.520 e. The maximum absolute atomic E-state index is 12.1. The van der Waals surface area contributed by atoms with Crippen LogP contribution in [-0.4, -0.2) is 146 Å². The first kappa shape index (κ1) is 105. The van der Waals surface area contributed by atoms with E-state index >= 15 is 0 Å². The van der Waals surface area contributed by atoms with Gasteiger partial charge in [-0.05, 0) is 132 Å². The highest BCUT2D eigenvalue weighted by Crippen LogP contribution is 2.42. The van der Waals surface area contributed by atoms with Crippen LogP contribution in [0.5, 0.6) is 0 Å². The molecule has 0 aromatic carbocycles. The predicted octanol–water partition coefficient (Wildman–Crippen LogP) is 16.2. The Morgan fingerprint density at radius 1 is 0.835 bits per heavy atom. The van der Waals surface area contributed by atoms with Gasteiger partial charge in [0.1, 0.15) is 12.4 Å². The topological polar surface area (TPSA) is 248 Å². The lowest BCUT2D eigenvalue weighted by Gasteiger charge is -2.46. The van der Waals surface area contributed by atoms with Crippen molar-refractivity contribution in [3.63, 3.8) is 0 Å². The summed E-state index contributed by atoms with van der Waals surface area (Å²) in [6, 6.07) is 1.77. The summed E-state index contributed by atoms with van der Waals surface area (Å²) >= 11 is 3.61. The smallest absolute Gasteiger partial charge is 0.429 e. The van der Waals surface area contributed by atoms with Gasteiger partial charge in [0.15, 0.2) is 18.4 Å². The second-order valence-electron chi connectivity index (χ2n) is 20.5. The van der Waals surface area contributed by atoms with Crippen molar-refractivity contribution < 1.29 is 72.8 Å². The molecule has 85 heavy (non-hydrogen) atoms. The Balaban J connectivity index is -0.000000120. The van der Waals surface area contributed by atoms with Crippen LogP contribution >= 0.6 is 12.9 Å². The highest BCUT2D eigenvalue weighted by atomic mass is 32.1. The number of aliphatic hydroxyl groups excluding tert-OH is 5. The number of aliphatic hydroxyl groups is 6. The van der Waals surface area contributed by atoms with Crippen molar-refractivity contribution in [3.05, 3.63) is 12.2 Å². The van der Waals surface area contributed by atoms with Crippen molar-refractivity contribution in [3.8, 4) is 6.07 Å². The summed E-state index contributed by atoms with van der Waals surface area (Å²) in [4.78, 5) is 12.1. The van der Waals surface area contributed by atoms with Crippen molar-refractivity contribution in [1.29, 1.82) is 5.26 Å². The van der Waals surface area contributed by atoms with Crippen molar-refractivity contribution in [2.45, 2.75) is 343 Å². The van der Waals surface area contributed by atoms with Crippen LogP contribution in [0.15, 0.2) is 12.2 Å².